The molecule has 0 bridgehead atoms. The number of hydrogen-bond donors (Lipinski definition) is 1. The summed E-state index contributed by atoms with van der Waals surface area (Å²) >= 11 is 12.5. The van der Waals surface area contributed by atoms with Crippen LogP contribution in [0.25, 0.3) is 0 Å². The first-order valence-corrected chi connectivity index (χ1v) is 8.80. The monoisotopic (exact) mass is 380 g/mol. The van der Waals surface area contributed by atoms with Crippen molar-refractivity contribution < 1.29 is 9.53 Å². The Bertz CT molecular complexity index is 819. The van der Waals surface area contributed by atoms with Crippen LogP contribution >= 0.6 is 23.2 Å². The molecule has 0 saturated heterocycles. The molecular weight excluding hydrogens is 363 g/mol. The number of anilines is 1. The van der Waals surface area contributed by atoms with Gasteiger partial charge in [-0.25, -0.2) is 4.68 Å². The first-order valence-electron chi connectivity index (χ1n) is 8.05. The zero-order valence-electron chi connectivity index (χ0n) is 13.9. The van der Waals surface area contributed by atoms with Crippen molar-refractivity contribution in [2.45, 2.75) is 26.3 Å². The number of carbonyl (C=O) groups is 1. The number of hydrogen-bond acceptors (Lipinski definition) is 5. The lowest BCUT2D eigenvalue weighted by Crippen LogP contribution is -2.38. The average Bonchev–Trinajstić information content (AvgIpc) is 3.02. The summed E-state index contributed by atoms with van der Waals surface area (Å²) in [6, 6.07) is 4.73. The van der Waals surface area contributed by atoms with E-state index in [1.54, 1.807) is 23.7 Å². The van der Waals surface area contributed by atoms with Gasteiger partial charge in [0.1, 0.15) is 18.3 Å². The van der Waals surface area contributed by atoms with E-state index in [-0.39, 0.29) is 5.97 Å². The lowest BCUT2D eigenvalue weighted by atomic mass is 9.88. The van der Waals surface area contributed by atoms with Gasteiger partial charge < -0.3 is 10.1 Å². The number of nitrogens with zero attached hydrogens (tertiary/aromatic N) is 3. The standard InChI is InChI=1S/C17H18Cl2N4O2/c1-3-5-13-14(16(24)25-4-2)15(23-17(22-13)20-9-21-23)11-7-6-10(18)8-12(11)19/h5-9,14-15H,3-4H2,1-2H3,(H,20,21,22)/b13-5+/t14-,15+/m0/s1. The summed E-state index contributed by atoms with van der Waals surface area (Å²) < 4.78 is 6.97. The molecule has 1 N–H and O–H groups in total. The fourth-order valence-electron chi connectivity index (χ4n) is 3.00. The highest BCUT2D eigenvalue weighted by Gasteiger charge is 2.41. The van der Waals surface area contributed by atoms with Gasteiger partial charge in [-0.15, -0.1) is 0 Å². The van der Waals surface area contributed by atoms with Crippen molar-refractivity contribution in [2.75, 3.05) is 11.9 Å². The number of benzene rings is 1. The second kappa shape index (κ2) is 7.45. The van der Waals surface area contributed by atoms with E-state index in [4.69, 9.17) is 27.9 Å². The van der Waals surface area contributed by atoms with Crippen LogP contribution in [0.15, 0.2) is 36.3 Å². The summed E-state index contributed by atoms with van der Waals surface area (Å²) in [7, 11) is 0. The number of esters is 1. The van der Waals surface area contributed by atoms with E-state index in [0.29, 0.717) is 22.6 Å². The molecule has 1 aliphatic rings. The van der Waals surface area contributed by atoms with E-state index in [9.17, 15) is 4.79 Å². The Kier molecular flexibility index (Phi) is 5.30. The van der Waals surface area contributed by atoms with Gasteiger partial charge in [0.2, 0.25) is 5.95 Å². The number of allylic oxidation sites excluding steroid dienone is 1. The molecule has 1 aliphatic heterocycles. The van der Waals surface area contributed by atoms with Gasteiger partial charge in [0.25, 0.3) is 0 Å². The number of carbonyl (C=O) groups excluding carboxylic acids is 1. The zero-order valence-corrected chi connectivity index (χ0v) is 15.4. The van der Waals surface area contributed by atoms with Crippen LogP contribution < -0.4 is 5.32 Å². The smallest absolute Gasteiger partial charge is 0.317 e. The first-order chi connectivity index (χ1) is 12.1. The number of rotatable bonds is 4. The van der Waals surface area contributed by atoms with Gasteiger partial charge in [0, 0.05) is 15.7 Å². The molecule has 2 heterocycles. The molecule has 0 radical (unpaired) electrons. The molecule has 25 heavy (non-hydrogen) atoms. The highest BCUT2D eigenvalue weighted by Crippen LogP contribution is 2.41. The molecule has 3 rings (SSSR count). The van der Waals surface area contributed by atoms with Crippen molar-refractivity contribution in [1.82, 2.24) is 14.8 Å². The Morgan fingerprint density at radius 2 is 2.20 bits per heavy atom. The molecule has 1 aromatic carbocycles. The number of halogens is 2. The minimum Gasteiger partial charge on any atom is -0.465 e. The van der Waals surface area contributed by atoms with Crippen LogP contribution in [0.5, 0.6) is 0 Å². The van der Waals surface area contributed by atoms with Gasteiger partial charge in [-0.2, -0.15) is 10.1 Å². The molecule has 1 aromatic heterocycles. The van der Waals surface area contributed by atoms with Crippen LogP contribution in [0.3, 0.4) is 0 Å². The van der Waals surface area contributed by atoms with Crippen molar-refractivity contribution in [3.63, 3.8) is 0 Å². The zero-order chi connectivity index (χ0) is 18.0. The largest absolute Gasteiger partial charge is 0.465 e. The van der Waals surface area contributed by atoms with Crippen molar-refractivity contribution in [3.8, 4) is 0 Å². The SMILES string of the molecule is CC/C=C1/Nc2ncnn2[C@H](c2ccc(Cl)cc2Cl)[C@H]1C(=O)OCC. The quantitative estimate of drug-likeness (QED) is 0.809. The Morgan fingerprint density at radius 1 is 1.40 bits per heavy atom. The van der Waals surface area contributed by atoms with Crippen LogP contribution in [0.4, 0.5) is 5.95 Å². The summed E-state index contributed by atoms with van der Waals surface area (Å²) in [5.74, 6) is -0.393. The van der Waals surface area contributed by atoms with Crippen molar-refractivity contribution >= 4 is 35.1 Å². The molecule has 0 amide bonds. The minimum atomic E-state index is -0.604. The first kappa shape index (κ1) is 17.8. The molecule has 0 unspecified atom stereocenters. The van der Waals surface area contributed by atoms with Crippen LogP contribution in [-0.4, -0.2) is 27.3 Å². The van der Waals surface area contributed by atoms with Gasteiger partial charge in [-0.1, -0.05) is 42.3 Å². The van der Waals surface area contributed by atoms with E-state index >= 15 is 0 Å². The van der Waals surface area contributed by atoms with Gasteiger partial charge in [-0.05, 0) is 31.0 Å². The van der Waals surface area contributed by atoms with Crippen molar-refractivity contribution in [1.29, 1.82) is 0 Å². The third kappa shape index (κ3) is 3.37. The molecule has 6 nitrogen and oxygen atoms in total. The summed E-state index contributed by atoms with van der Waals surface area (Å²) in [5.41, 5.74) is 1.47. The van der Waals surface area contributed by atoms with E-state index in [1.807, 2.05) is 19.1 Å². The Morgan fingerprint density at radius 3 is 2.88 bits per heavy atom. The van der Waals surface area contributed by atoms with E-state index in [1.165, 1.54) is 6.33 Å². The third-order valence-electron chi connectivity index (χ3n) is 3.99. The van der Waals surface area contributed by atoms with E-state index < -0.39 is 12.0 Å². The van der Waals surface area contributed by atoms with Crippen LogP contribution in [0, 0.1) is 5.92 Å². The predicted octanol–water partition coefficient (Wildman–Crippen LogP) is 4.07. The molecule has 0 aliphatic carbocycles. The van der Waals surface area contributed by atoms with Crippen LogP contribution in [0.2, 0.25) is 10.0 Å². The van der Waals surface area contributed by atoms with Crippen LogP contribution in [-0.2, 0) is 9.53 Å². The van der Waals surface area contributed by atoms with E-state index in [0.717, 1.165) is 17.7 Å². The van der Waals surface area contributed by atoms with Crippen molar-refractivity contribution in [3.05, 3.63) is 51.9 Å². The maximum absolute atomic E-state index is 12.7. The number of ether oxygens (including phenoxy) is 1. The minimum absolute atomic E-state index is 0.292. The summed E-state index contributed by atoms with van der Waals surface area (Å²) in [4.78, 5) is 17.0. The summed E-state index contributed by atoms with van der Waals surface area (Å²) in [5, 5.41) is 8.45. The Hall–Kier alpha value is -2.05. The highest BCUT2D eigenvalue weighted by atomic mass is 35.5. The molecule has 2 atom stereocenters. The second-order valence-corrected chi connectivity index (χ2v) is 6.40. The normalized spacial score (nSPS) is 20.9. The Labute approximate surface area is 155 Å². The van der Waals surface area contributed by atoms with Crippen LogP contribution in [0.1, 0.15) is 31.9 Å². The van der Waals surface area contributed by atoms with E-state index in [2.05, 4.69) is 15.4 Å². The number of nitrogens with one attached hydrogen (secondary N) is 1. The fraction of sp³-hybridized carbons (Fsp3) is 0.353. The Balaban J connectivity index is 2.18. The van der Waals surface area contributed by atoms with Gasteiger partial charge in [0.05, 0.1) is 6.61 Å². The molecule has 0 spiro atoms. The maximum atomic E-state index is 12.7. The predicted molar refractivity (Wildman–Crippen MR) is 96.7 cm³/mol. The van der Waals surface area contributed by atoms with Gasteiger partial charge in [-0.3, -0.25) is 4.79 Å². The summed E-state index contributed by atoms with van der Waals surface area (Å²) in [6.07, 6.45) is 4.15. The van der Waals surface area contributed by atoms with Crippen molar-refractivity contribution in [2.24, 2.45) is 5.92 Å². The van der Waals surface area contributed by atoms with Gasteiger partial charge >= 0.3 is 5.97 Å². The number of fused-ring (bicyclic) bond motifs is 1. The second-order valence-electron chi connectivity index (χ2n) is 5.56. The lowest BCUT2D eigenvalue weighted by Gasteiger charge is -2.34. The molecule has 8 heteroatoms. The average molecular weight is 381 g/mol. The maximum Gasteiger partial charge on any atom is 0.317 e. The summed E-state index contributed by atoms with van der Waals surface area (Å²) in [6.45, 7) is 4.07. The fourth-order valence-corrected chi connectivity index (χ4v) is 3.52. The number of aromatic nitrogens is 3. The lowest BCUT2D eigenvalue weighted by molar-refractivity contribution is -0.147. The third-order valence-corrected chi connectivity index (χ3v) is 4.55. The topological polar surface area (TPSA) is 69.0 Å². The molecule has 0 fully saturated rings. The molecular formula is C17H18Cl2N4O2. The molecule has 0 saturated carbocycles. The highest BCUT2D eigenvalue weighted by molar-refractivity contribution is 6.35. The molecule has 132 valence electrons. The van der Waals surface area contributed by atoms with Gasteiger partial charge in [0.15, 0.2) is 0 Å². The molecule has 2 aromatic rings.